The SMILES string of the molecule is O=C(NC[C@@H]1CCCNC1)c1ccco1. The fourth-order valence-corrected chi connectivity index (χ4v) is 1.83. The van der Waals surface area contributed by atoms with Crippen molar-refractivity contribution in [1.29, 1.82) is 0 Å². The average Bonchev–Trinajstić information content (AvgIpc) is 2.81. The molecule has 4 heteroatoms. The van der Waals surface area contributed by atoms with Crippen molar-refractivity contribution in [1.82, 2.24) is 10.6 Å². The summed E-state index contributed by atoms with van der Waals surface area (Å²) in [5.74, 6) is 0.821. The third-order valence-corrected chi connectivity index (χ3v) is 2.70. The molecule has 1 atom stereocenters. The number of hydrogen-bond donors (Lipinski definition) is 2. The van der Waals surface area contributed by atoms with Crippen LogP contribution in [-0.4, -0.2) is 25.5 Å². The first-order valence-corrected chi connectivity index (χ1v) is 5.38. The van der Waals surface area contributed by atoms with Crippen molar-refractivity contribution >= 4 is 5.91 Å². The van der Waals surface area contributed by atoms with Gasteiger partial charge < -0.3 is 15.1 Å². The zero-order valence-electron chi connectivity index (χ0n) is 8.66. The Morgan fingerprint density at radius 3 is 3.27 bits per heavy atom. The minimum absolute atomic E-state index is 0.120. The topological polar surface area (TPSA) is 54.3 Å². The Morgan fingerprint density at radius 2 is 2.60 bits per heavy atom. The molecule has 15 heavy (non-hydrogen) atoms. The lowest BCUT2D eigenvalue weighted by Crippen LogP contribution is -2.38. The number of furan rings is 1. The van der Waals surface area contributed by atoms with Gasteiger partial charge in [0.2, 0.25) is 0 Å². The van der Waals surface area contributed by atoms with Crippen LogP contribution in [0, 0.1) is 5.92 Å². The zero-order valence-corrected chi connectivity index (χ0v) is 8.66. The molecule has 82 valence electrons. The fraction of sp³-hybridized carbons (Fsp3) is 0.545. The van der Waals surface area contributed by atoms with E-state index < -0.39 is 0 Å². The van der Waals surface area contributed by atoms with Crippen LogP contribution in [0.15, 0.2) is 22.8 Å². The van der Waals surface area contributed by atoms with Crippen LogP contribution < -0.4 is 10.6 Å². The fourth-order valence-electron chi connectivity index (χ4n) is 1.83. The lowest BCUT2D eigenvalue weighted by Gasteiger charge is -2.22. The molecular weight excluding hydrogens is 192 g/mol. The van der Waals surface area contributed by atoms with E-state index in [0.29, 0.717) is 11.7 Å². The van der Waals surface area contributed by atoms with Crippen LogP contribution in [0.4, 0.5) is 0 Å². The Bertz CT molecular complexity index is 302. The van der Waals surface area contributed by atoms with Gasteiger partial charge >= 0.3 is 0 Å². The molecule has 0 unspecified atom stereocenters. The maximum atomic E-state index is 11.5. The summed E-state index contributed by atoms with van der Waals surface area (Å²) in [7, 11) is 0. The largest absolute Gasteiger partial charge is 0.459 e. The summed E-state index contributed by atoms with van der Waals surface area (Å²) in [5.41, 5.74) is 0. The molecule has 1 aliphatic heterocycles. The van der Waals surface area contributed by atoms with E-state index in [-0.39, 0.29) is 5.91 Å². The van der Waals surface area contributed by atoms with Crippen molar-refractivity contribution in [2.75, 3.05) is 19.6 Å². The van der Waals surface area contributed by atoms with Gasteiger partial charge in [0, 0.05) is 6.54 Å². The third-order valence-electron chi connectivity index (χ3n) is 2.70. The maximum Gasteiger partial charge on any atom is 0.286 e. The van der Waals surface area contributed by atoms with Gasteiger partial charge in [-0.1, -0.05) is 0 Å². The molecule has 0 aliphatic carbocycles. The highest BCUT2D eigenvalue weighted by atomic mass is 16.3. The van der Waals surface area contributed by atoms with Crippen molar-refractivity contribution in [3.05, 3.63) is 24.2 Å². The molecular formula is C11H16N2O2. The predicted octanol–water partition coefficient (Wildman–Crippen LogP) is 1.01. The summed E-state index contributed by atoms with van der Waals surface area (Å²) in [6.07, 6.45) is 3.89. The Labute approximate surface area is 89.0 Å². The van der Waals surface area contributed by atoms with Crippen LogP contribution in [0.5, 0.6) is 0 Å². The molecule has 1 saturated heterocycles. The Morgan fingerprint density at radius 1 is 1.67 bits per heavy atom. The van der Waals surface area contributed by atoms with Crippen molar-refractivity contribution in [2.45, 2.75) is 12.8 Å². The van der Waals surface area contributed by atoms with E-state index in [4.69, 9.17) is 4.42 Å². The first kappa shape index (κ1) is 10.2. The van der Waals surface area contributed by atoms with Crippen LogP contribution in [0.2, 0.25) is 0 Å². The van der Waals surface area contributed by atoms with Gasteiger partial charge in [-0.25, -0.2) is 0 Å². The Kier molecular flexibility index (Phi) is 3.40. The molecule has 2 heterocycles. The molecule has 1 aliphatic rings. The molecule has 1 fully saturated rings. The van der Waals surface area contributed by atoms with Crippen LogP contribution in [0.25, 0.3) is 0 Å². The van der Waals surface area contributed by atoms with Crippen LogP contribution in [0.1, 0.15) is 23.4 Å². The van der Waals surface area contributed by atoms with Gasteiger partial charge in [0.1, 0.15) is 0 Å². The highest BCUT2D eigenvalue weighted by molar-refractivity contribution is 5.91. The molecule has 4 nitrogen and oxygen atoms in total. The normalized spacial score (nSPS) is 21.2. The van der Waals surface area contributed by atoms with Crippen molar-refractivity contribution < 1.29 is 9.21 Å². The molecule has 0 bridgehead atoms. The molecule has 1 aromatic heterocycles. The number of piperidine rings is 1. The summed E-state index contributed by atoms with van der Waals surface area (Å²) < 4.78 is 5.01. The summed E-state index contributed by atoms with van der Waals surface area (Å²) in [6.45, 7) is 2.83. The standard InChI is InChI=1S/C11H16N2O2/c14-11(10-4-2-6-15-10)13-8-9-3-1-5-12-7-9/h2,4,6,9,12H,1,3,5,7-8H2,(H,13,14)/t9-/m1/s1. The van der Waals surface area contributed by atoms with Crippen molar-refractivity contribution in [3.63, 3.8) is 0 Å². The Hall–Kier alpha value is -1.29. The molecule has 1 aromatic rings. The van der Waals surface area contributed by atoms with Gasteiger partial charge in [-0.15, -0.1) is 0 Å². The highest BCUT2D eigenvalue weighted by Crippen LogP contribution is 2.08. The van der Waals surface area contributed by atoms with Crippen LogP contribution >= 0.6 is 0 Å². The maximum absolute atomic E-state index is 11.5. The van der Waals surface area contributed by atoms with Gasteiger partial charge in [-0.05, 0) is 44.0 Å². The lowest BCUT2D eigenvalue weighted by molar-refractivity contribution is 0.0917. The molecule has 1 amide bonds. The van der Waals surface area contributed by atoms with E-state index in [1.54, 1.807) is 12.1 Å². The first-order chi connectivity index (χ1) is 7.36. The molecule has 2 rings (SSSR count). The molecule has 0 spiro atoms. The quantitative estimate of drug-likeness (QED) is 0.779. The van der Waals surface area contributed by atoms with Gasteiger partial charge in [0.05, 0.1) is 6.26 Å². The smallest absolute Gasteiger partial charge is 0.286 e. The molecule has 0 saturated carbocycles. The van der Waals surface area contributed by atoms with E-state index in [0.717, 1.165) is 19.6 Å². The van der Waals surface area contributed by atoms with E-state index in [1.807, 2.05) is 0 Å². The van der Waals surface area contributed by atoms with E-state index in [2.05, 4.69) is 10.6 Å². The third kappa shape index (κ3) is 2.83. The second-order valence-electron chi connectivity index (χ2n) is 3.90. The number of amides is 1. The van der Waals surface area contributed by atoms with Crippen LogP contribution in [0.3, 0.4) is 0 Å². The molecule has 0 radical (unpaired) electrons. The van der Waals surface area contributed by atoms with E-state index in [9.17, 15) is 4.79 Å². The summed E-state index contributed by atoms with van der Waals surface area (Å²) >= 11 is 0. The van der Waals surface area contributed by atoms with Gasteiger partial charge in [0.15, 0.2) is 5.76 Å². The minimum Gasteiger partial charge on any atom is -0.459 e. The second kappa shape index (κ2) is 4.98. The number of carbonyl (C=O) groups excluding carboxylic acids is 1. The predicted molar refractivity (Wildman–Crippen MR) is 56.6 cm³/mol. The van der Waals surface area contributed by atoms with Gasteiger partial charge in [0.25, 0.3) is 5.91 Å². The number of hydrogen-bond acceptors (Lipinski definition) is 3. The summed E-state index contributed by atoms with van der Waals surface area (Å²) in [4.78, 5) is 11.5. The van der Waals surface area contributed by atoms with Gasteiger partial charge in [-0.3, -0.25) is 4.79 Å². The van der Waals surface area contributed by atoms with E-state index in [1.165, 1.54) is 19.1 Å². The van der Waals surface area contributed by atoms with Crippen LogP contribution in [-0.2, 0) is 0 Å². The number of rotatable bonds is 3. The monoisotopic (exact) mass is 208 g/mol. The molecule has 2 N–H and O–H groups in total. The molecule has 0 aromatic carbocycles. The Balaban J connectivity index is 1.75. The average molecular weight is 208 g/mol. The minimum atomic E-state index is -0.120. The summed E-state index contributed by atoms with van der Waals surface area (Å²) in [5, 5.41) is 6.20. The zero-order chi connectivity index (χ0) is 10.5. The number of nitrogens with one attached hydrogen (secondary N) is 2. The van der Waals surface area contributed by atoms with Gasteiger partial charge in [-0.2, -0.15) is 0 Å². The second-order valence-corrected chi connectivity index (χ2v) is 3.90. The van der Waals surface area contributed by atoms with Crippen molar-refractivity contribution in [3.8, 4) is 0 Å². The number of carbonyl (C=O) groups is 1. The van der Waals surface area contributed by atoms with Crippen molar-refractivity contribution in [2.24, 2.45) is 5.92 Å². The highest BCUT2D eigenvalue weighted by Gasteiger charge is 2.15. The van der Waals surface area contributed by atoms with E-state index >= 15 is 0 Å². The summed E-state index contributed by atoms with van der Waals surface area (Å²) in [6, 6.07) is 3.39. The lowest BCUT2D eigenvalue weighted by atomic mass is 10.00. The first-order valence-electron chi connectivity index (χ1n) is 5.38.